The fourth-order valence-corrected chi connectivity index (χ4v) is 4.47. The van der Waals surface area contributed by atoms with Crippen LogP contribution < -0.4 is 0 Å². The van der Waals surface area contributed by atoms with E-state index in [1.807, 2.05) is 0 Å². The van der Waals surface area contributed by atoms with Crippen molar-refractivity contribution in [1.82, 2.24) is 0 Å². The molecular formula is C32H32O. The summed E-state index contributed by atoms with van der Waals surface area (Å²) in [7, 11) is 0. The molecule has 0 bridgehead atoms. The van der Waals surface area contributed by atoms with Crippen molar-refractivity contribution in [2.45, 2.75) is 52.4 Å². The van der Waals surface area contributed by atoms with Crippen LogP contribution in [0, 0.1) is 0 Å². The van der Waals surface area contributed by atoms with Crippen molar-refractivity contribution in [3.8, 4) is 22.3 Å². The number of benzene rings is 4. The molecule has 0 amide bonds. The second kappa shape index (κ2) is 7.63. The van der Waals surface area contributed by atoms with E-state index in [9.17, 15) is 0 Å². The third-order valence-electron chi connectivity index (χ3n) is 6.60. The largest absolute Gasteiger partial charge is 0.456 e. The lowest BCUT2D eigenvalue weighted by molar-refractivity contribution is 0.587. The molecule has 1 aromatic heterocycles. The maximum atomic E-state index is 6.32. The first-order chi connectivity index (χ1) is 15.6. The molecule has 0 unspecified atom stereocenters. The molecule has 5 aromatic rings. The van der Waals surface area contributed by atoms with Gasteiger partial charge in [-0.25, -0.2) is 0 Å². The van der Waals surface area contributed by atoms with Crippen LogP contribution in [-0.2, 0) is 10.8 Å². The summed E-state index contributed by atoms with van der Waals surface area (Å²) in [5, 5.41) is 2.35. The molecule has 0 saturated carbocycles. The predicted octanol–water partition coefficient (Wildman–Crippen LogP) is 9.51. The lowest BCUT2D eigenvalue weighted by Gasteiger charge is -2.20. The highest BCUT2D eigenvalue weighted by Crippen LogP contribution is 2.36. The Morgan fingerprint density at radius 1 is 0.455 bits per heavy atom. The minimum atomic E-state index is 0.100. The average Bonchev–Trinajstić information content (AvgIpc) is 3.15. The summed E-state index contributed by atoms with van der Waals surface area (Å²) in [6.07, 6.45) is 0. The van der Waals surface area contributed by atoms with Crippen molar-refractivity contribution in [2.24, 2.45) is 0 Å². The molecule has 0 atom stereocenters. The molecule has 0 aliphatic carbocycles. The maximum absolute atomic E-state index is 6.32. The molecule has 166 valence electrons. The molecular weight excluding hydrogens is 400 g/mol. The lowest BCUT2D eigenvalue weighted by Crippen LogP contribution is -2.10. The van der Waals surface area contributed by atoms with Gasteiger partial charge in [-0.2, -0.15) is 0 Å². The van der Waals surface area contributed by atoms with Crippen LogP contribution in [0.2, 0.25) is 0 Å². The predicted molar refractivity (Wildman–Crippen MR) is 142 cm³/mol. The zero-order chi connectivity index (χ0) is 23.4. The van der Waals surface area contributed by atoms with Crippen LogP contribution in [0.15, 0.2) is 89.3 Å². The Morgan fingerprint density at radius 2 is 0.939 bits per heavy atom. The summed E-state index contributed by atoms with van der Waals surface area (Å²) in [4.78, 5) is 0. The first kappa shape index (κ1) is 21.5. The monoisotopic (exact) mass is 432 g/mol. The van der Waals surface area contributed by atoms with Gasteiger partial charge in [0.1, 0.15) is 11.2 Å². The Balaban J connectivity index is 1.56. The van der Waals surface area contributed by atoms with Crippen LogP contribution in [0.5, 0.6) is 0 Å². The summed E-state index contributed by atoms with van der Waals surface area (Å²) in [5.74, 6) is 0. The van der Waals surface area contributed by atoms with Crippen molar-refractivity contribution in [2.75, 3.05) is 0 Å². The van der Waals surface area contributed by atoms with Gasteiger partial charge in [-0.15, -0.1) is 0 Å². The van der Waals surface area contributed by atoms with Gasteiger partial charge in [-0.05, 0) is 68.5 Å². The number of furan rings is 1. The van der Waals surface area contributed by atoms with Gasteiger partial charge in [0.2, 0.25) is 0 Å². The first-order valence-electron chi connectivity index (χ1n) is 11.8. The van der Waals surface area contributed by atoms with Gasteiger partial charge in [0.15, 0.2) is 0 Å². The van der Waals surface area contributed by atoms with Crippen LogP contribution in [0.4, 0.5) is 0 Å². The Morgan fingerprint density at radius 3 is 1.58 bits per heavy atom. The summed E-state index contributed by atoms with van der Waals surface area (Å²) in [6.45, 7) is 13.5. The molecule has 33 heavy (non-hydrogen) atoms. The molecule has 0 radical (unpaired) electrons. The van der Waals surface area contributed by atoms with E-state index >= 15 is 0 Å². The van der Waals surface area contributed by atoms with E-state index in [2.05, 4.69) is 126 Å². The minimum absolute atomic E-state index is 0.100. The molecule has 1 heterocycles. The fraction of sp³-hybridized carbons (Fsp3) is 0.250. The second-order valence-corrected chi connectivity index (χ2v) is 11.2. The number of hydrogen-bond donors (Lipinski definition) is 0. The zero-order valence-corrected chi connectivity index (χ0v) is 20.5. The third-order valence-corrected chi connectivity index (χ3v) is 6.60. The Hall–Kier alpha value is -3.32. The molecule has 1 nitrogen and oxygen atoms in total. The number of fused-ring (bicyclic) bond motifs is 3. The van der Waals surface area contributed by atoms with Gasteiger partial charge in [-0.1, -0.05) is 102 Å². The Kier molecular flexibility index (Phi) is 4.97. The molecule has 5 rings (SSSR count). The molecule has 0 aliphatic heterocycles. The Labute approximate surface area is 197 Å². The van der Waals surface area contributed by atoms with Gasteiger partial charge < -0.3 is 4.42 Å². The van der Waals surface area contributed by atoms with Crippen molar-refractivity contribution in [1.29, 1.82) is 0 Å². The summed E-state index contributed by atoms with van der Waals surface area (Å²) < 4.78 is 6.32. The van der Waals surface area contributed by atoms with E-state index in [0.717, 1.165) is 11.2 Å². The highest BCUT2D eigenvalue weighted by molar-refractivity contribution is 6.06. The van der Waals surface area contributed by atoms with Gasteiger partial charge >= 0.3 is 0 Å². The highest BCUT2D eigenvalue weighted by Gasteiger charge is 2.17. The topological polar surface area (TPSA) is 13.1 Å². The van der Waals surface area contributed by atoms with Gasteiger partial charge in [-0.3, -0.25) is 0 Å². The maximum Gasteiger partial charge on any atom is 0.136 e. The van der Waals surface area contributed by atoms with E-state index in [1.165, 1.54) is 44.2 Å². The van der Waals surface area contributed by atoms with Gasteiger partial charge in [0.25, 0.3) is 0 Å². The summed E-state index contributed by atoms with van der Waals surface area (Å²) in [5.41, 5.74) is 9.63. The van der Waals surface area contributed by atoms with Crippen LogP contribution >= 0.6 is 0 Å². The standard InChI is InChI=1S/C32H32O/c1-31(2,3)25-12-8-11-23(18-25)21-9-7-10-22(17-21)24-13-15-27-28-16-14-26(32(4,5)6)20-30(28)33-29(27)19-24/h7-20H,1-6H3. The SMILES string of the molecule is CC(C)(C)c1cccc(-c2cccc(-c3ccc4c(c3)oc3cc(C(C)(C)C)ccc34)c2)c1. The molecule has 0 saturated heterocycles. The highest BCUT2D eigenvalue weighted by atomic mass is 16.3. The summed E-state index contributed by atoms with van der Waals surface area (Å²) in [6, 6.07) is 30.9. The van der Waals surface area contributed by atoms with Crippen LogP contribution in [0.1, 0.15) is 52.7 Å². The van der Waals surface area contributed by atoms with Gasteiger partial charge in [0, 0.05) is 10.8 Å². The molecule has 1 heteroatoms. The number of rotatable bonds is 2. The lowest BCUT2D eigenvalue weighted by atomic mass is 9.85. The fourth-order valence-electron chi connectivity index (χ4n) is 4.47. The molecule has 0 aliphatic rings. The van der Waals surface area contributed by atoms with Crippen molar-refractivity contribution >= 4 is 21.9 Å². The molecule has 0 spiro atoms. The summed E-state index contributed by atoms with van der Waals surface area (Å²) >= 11 is 0. The number of hydrogen-bond acceptors (Lipinski definition) is 1. The van der Waals surface area contributed by atoms with E-state index in [-0.39, 0.29) is 10.8 Å². The Bertz CT molecular complexity index is 1470. The van der Waals surface area contributed by atoms with Crippen molar-refractivity contribution in [3.05, 3.63) is 96.1 Å². The quantitative estimate of drug-likeness (QED) is 0.271. The van der Waals surface area contributed by atoms with E-state index in [1.54, 1.807) is 0 Å². The van der Waals surface area contributed by atoms with Crippen LogP contribution in [-0.4, -0.2) is 0 Å². The minimum Gasteiger partial charge on any atom is -0.456 e. The van der Waals surface area contributed by atoms with Crippen LogP contribution in [0.25, 0.3) is 44.2 Å². The normalized spacial score (nSPS) is 12.5. The van der Waals surface area contributed by atoms with Crippen LogP contribution in [0.3, 0.4) is 0 Å². The molecule has 0 fully saturated rings. The van der Waals surface area contributed by atoms with Crippen molar-refractivity contribution in [3.63, 3.8) is 0 Å². The van der Waals surface area contributed by atoms with E-state index < -0.39 is 0 Å². The third kappa shape index (κ3) is 4.09. The molecule has 4 aromatic carbocycles. The molecule has 0 N–H and O–H groups in total. The second-order valence-electron chi connectivity index (χ2n) is 11.2. The average molecular weight is 433 g/mol. The van der Waals surface area contributed by atoms with E-state index in [0.29, 0.717) is 0 Å². The van der Waals surface area contributed by atoms with Crippen molar-refractivity contribution < 1.29 is 4.42 Å². The smallest absolute Gasteiger partial charge is 0.136 e. The first-order valence-corrected chi connectivity index (χ1v) is 11.8. The zero-order valence-electron chi connectivity index (χ0n) is 20.5. The van der Waals surface area contributed by atoms with Gasteiger partial charge in [0.05, 0.1) is 0 Å². The van der Waals surface area contributed by atoms with E-state index in [4.69, 9.17) is 4.42 Å².